The minimum absolute atomic E-state index is 0.159. The summed E-state index contributed by atoms with van der Waals surface area (Å²) in [5.74, 6) is -0.0236. The number of halogens is 2. The first-order chi connectivity index (χ1) is 10.5. The summed E-state index contributed by atoms with van der Waals surface area (Å²) in [4.78, 5) is 27.5. The number of carbonyl (C=O) groups excluding carboxylic acids is 2. The molecule has 2 aromatic rings. The highest BCUT2D eigenvalue weighted by atomic mass is 79.9. The van der Waals surface area contributed by atoms with Gasteiger partial charge in [-0.25, -0.2) is 4.98 Å². The summed E-state index contributed by atoms with van der Waals surface area (Å²) in [6.07, 6.45) is 1.61. The molecule has 0 radical (unpaired) electrons. The molecule has 2 amide bonds. The zero-order valence-corrected chi connectivity index (χ0v) is 13.8. The van der Waals surface area contributed by atoms with E-state index in [2.05, 4.69) is 31.5 Å². The number of hydrogen-bond donors (Lipinski definition) is 2. The second-order valence-electron chi connectivity index (χ2n) is 4.42. The molecule has 0 bridgehead atoms. The van der Waals surface area contributed by atoms with E-state index in [1.54, 1.807) is 36.4 Å². The number of aromatic nitrogens is 1. The maximum absolute atomic E-state index is 11.8. The minimum atomic E-state index is -0.231. The lowest BCUT2D eigenvalue weighted by molar-refractivity contribution is -0.116. The molecule has 0 saturated carbocycles. The summed E-state index contributed by atoms with van der Waals surface area (Å²) < 4.78 is 0.902. The molecular weight excluding hydrogens is 370 g/mol. The van der Waals surface area contributed by atoms with Crippen LogP contribution in [0.1, 0.15) is 16.8 Å². The van der Waals surface area contributed by atoms with E-state index in [1.165, 1.54) is 6.20 Å². The Morgan fingerprint density at radius 3 is 2.50 bits per heavy atom. The van der Waals surface area contributed by atoms with Crippen molar-refractivity contribution in [3.8, 4) is 0 Å². The van der Waals surface area contributed by atoms with Crippen LogP contribution in [-0.2, 0) is 4.79 Å². The van der Waals surface area contributed by atoms with Crippen molar-refractivity contribution in [2.45, 2.75) is 6.42 Å². The van der Waals surface area contributed by atoms with Gasteiger partial charge in [0, 0.05) is 29.2 Å². The Balaban J connectivity index is 1.75. The zero-order valence-electron chi connectivity index (χ0n) is 11.5. The Bertz CT molecular complexity index is 659. The number of benzene rings is 1. The average molecular weight is 383 g/mol. The van der Waals surface area contributed by atoms with Crippen LogP contribution in [0.15, 0.2) is 47.1 Å². The third-order valence-corrected chi connectivity index (χ3v) is 3.49. The molecule has 0 aliphatic heterocycles. The number of pyridine rings is 1. The smallest absolute Gasteiger partial charge is 0.251 e. The Hall–Kier alpha value is -1.92. The molecule has 0 spiro atoms. The second-order valence-corrected chi connectivity index (χ2v) is 5.77. The van der Waals surface area contributed by atoms with Crippen LogP contribution in [0.2, 0.25) is 5.02 Å². The fourth-order valence-electron chi connectivity index (χ4n) is 1.65. The molecule has 22 heavy (non-hydrogen) atoms. The molecule has 0 atom stereocenters. The van der Waals surface area contributed by atoms with Crippen molar-refractivity contribution < 1.29 is 9.59 Å². The van der Waals surface area contributed by atoms with Crippen molar-refractivity contribution >= 4 is 45.2 Å². The summed E-state index contributed by atoms with van der Waals surface area (Å²) in [5, 5.41) is 5.81. The van der Waals surface area contributed by atoms with E-state index in [0.29, 0.717) is 16.4 Å². The number of anilines is 1. The highest BCUT2D eigenvalue weighted by Crippen LogP contribution is 2.11. The Labute approximate surface area is 141 Å². The summed E-state index contributed by atoms with van der Waals surface area (Å²) in [7, 11) is 0. The van der Waals surface area contributed by atoms with Crippen molar-refractivity contribution in [1.82, 2.24) is 10.3 Å². The van der Waals surface area contributed by atoms with E-state index in [4.69, 9.17) is 11.6 Å². The van der Waals surface area contributed by atoms with Gasteiger partial charge in [-0.05, 0) is 36.4 Å². The van der Waals surface area contributed by atoms with Crippen molar-refractivity contribution in [1.29, 1.82) is 0 Å². The van der Waals surface area contributed by atoms with E-state index in [-0.39, 0.29) is 24.8 Å². The van der Waals surface area contributed by atoms with Crippen LogP contribution in [0.5, 0.6) is 0 Å². The zero-order chi connectivity index (χ0) is 15.9. The van der Waals surface area contributed by atoms with Gasteiger partial charge in [-0.15, -0.1) is 0 Å². The lowest BCUT2D eigenvalue weighted by Crippen LogP contribution is -2.27. The Kier molecular flexibility index (Phi) is 5.91. The van der Waals surface area contributed by atoms with Crippen LogP contribution in [0.25, 0.3) is 0 Å². The first kappa shape index (κ1) is 16.5. The summed E-state index contributed by atoms with van der Waals surface area (Å²) >= 11 is 9.01. The predicted molar refractivity (Wildman–Crippen MR) is 89.0 cm³/mol. The summed E-state index contributed by atoms with van der Waals surface area (Å²) in [5.41, 5.74) is 0.544. The van der Waals surface area contributed by atoms with E-state index in [1.807, 2.05) is 0 Å². The van der Waals surface area contributed by atoms with Crippen LogP contribution in [-0.4, -0.2) is 23.3 Å². The van der Waals surface area contributed by atoms with Gasteiger partial charge in [0.1, 0.15) is 5.82 Å². The number of carbonyl (C=O) groups is 2. The molecule has 0 unspecified atom stereocenters. The van der Waals surface area contributed by atoms with Crippen LogP contribution < -0.4 is 10.6 Å². The van der Waals surface area contributed by atoms with E-state index < -0.39 is 0 Å². The molecule has 1 heterocycles. The molecule has 0 fully saturated rings. The number of nitrogens with zero attached hydrogens (tertiary/aromatic N) is 1. The number of rotatable bonds is 5. The molecule has 0 aliphatic carbocycles. The fraction of sp³-hybridized carbons (Fsp3) is 0.133. The normalized spacial score (nSPS) is 10.1. The molecule has 1 aromatic heterocycles. The van der Waals surface area contributed by atoms with E-state index in [0.717, 1.165) is 4.47 Å². The maximum Gasteiger partial charge on any atom is 0.251 e. The molecule has 0 saturated heterocycles. The SMILES string of the molecule is O=C(CCNC(=O)c1ccc(Br)cc1)Nc1ccc(Cl)cn1. The molecule has 7 heteroatoms. The van der Waals surface area contributed by atoms with Gasteiger partial charge >= 0.3 is 0 Å². The maximum atomic E-state index is 11.8. The quantitative estimate of drug-likeness (QED) is 0.834. The van der Waals surface area contributed by atoms with Crippen molar-refractivity contribution in [3.63, 3.8) is 0 Å². The lowest BCUT2D eigenvalue weighted by atomic mass is 10.2. The van der Waals surface area contributed by atoms with Crippen LogP contribution in [0.4, 0.5) is 5.82 Å². The van der Waals surface area contributed by atoms with Crippen molar-refractivity contribution in [2.75, 3.05) is 11.9 Å². The topological polar surface area (TPSA) is 71.1 Å². The largest absolute Gasteiger partial charge is 0.352 e. The van der Waals surface area contributed by atoms with Crippen LogP contribution >= 0.6 is 27.5 Å². The van der Waals surface area contributed by atoms with Gasteiger partial charge in [0.2, 0.25) is 5.91 Å². The highest BCUT2D eigenvalue weighted by Gasteiger charge is 2.07. The van der Waals surface area contributed by atoms with Gasteiger partial charge in [-0.1, -0.05) is 27.5 Å². The van der Waals surface area contributed by atoms with Crippen LogP contribution in [0.3, 0.4) is 0 Å². The standard InChI is InChI=1S/C15H13BrClN3O2/c16-11-3-1-10(2-4-11)15(22)18-8-7-14(21)20-13-6-5-12(17)9-19-13/h1-6,9H,7-8H2,(H,18,22)(H,19,20,21). The molecule has 1 aromatic carbocycles. The second kappa shape index (κ2) is 7.91. The molecule has 0 aliphatic rings. The van der Waals surface area contributed by atoms with Gasteiger partial charge in [-0.3, -0.25) is 9.59 Å². The fourth-order valence-corrected chi connectivity index (χ4v) is 2.02. The third-order valence-electron chi connectivity index (χ3n) is 2.74. The first-order valence-electron chi connectivity index (χ1n) is 6.50. The van der Waals surface area contributed by atoms with Crippen molar-refractivity contribution in [3.05, 3.63) is 57.7 Å². The minimum Gasteiger partial charge on any atom is -0.352 e. The number of nitrogens with one attached hydrogen (secondary N) is 2. The lowest BCUT2D eigenvalue weighted by Gasteiger charge is -2.06. The summed E-state index contributed by atoms with van der Waals surface area (Å²) in [6.45, 7) is 0.244. The Morgan fingerprint density at radius 2 is 1.86 bits per heavy atom. The van der Waals surface area contributed by atoms with Crippen LogP contribution in [0, 0.1) is 0 Å². The average Bonchev–Trinajstić information content (AvgIpc) is 2.50. The van der Waals surface area contributed by atoms with E-state index >= 15 is 0 Å². The van der Waals surface area contributed by atoms with Gasteiger partial charge in [0.25, 0.3) is 5.91 Å². The van der Waals surface area contributed by atoms with Gasteiger partial charge in [0.05, 0.1) is 5.02 Å². The Morgan fingerprint density at radius 1 is 1.14 bits per heavy atom. The third kappa shape index (κ3) is 5.13. The molecule has 5 nitrogen and oxygen atoms in total. The molecule has 2 rings (SSSR count). The monoisotopic (exact) mass is 381 g/mol. The first-order valence-corrected chi connectivity index (χ1v) is 7.67. The highest BCUT2D eigenvalue weighted by molar-refractivity contribution is 9.10. The van der Waals surface area contributed by atoms with Gasteiger partial charge in [0.15, 0.2) is 0 Å². The number of amides is 2. The van der Waals surface area contributed by atoms with Gasteiger partial charge in [-0.2, -0.15) is 0 Å². The predicted octanol–water partition coefficient (Wildman–Crippen LogP) is 3.26. The molecular formula is C15H13BrClN3O2. The van der Waals surface area contributed by atoms with Gasteiger partial charge < -0.3 is 10.6 Å². The number of hydrogen-bond acceptors (Lipinski definition) is 3. The molecule has 114 valence electrons. The van der Waals surface area contributed by atoms with Crippen molar-refractivity contribution in [2.24, 2.45) is 0 Å². The molecule has 2 N–H and O–H groups in total. The summed E-state index contributed by atoms with van der Waals surface area (Å²) in [6, 6.07) is 10.2. The van der Waals surface area contributed by atoms with E-state index in [9.17, 15) is 9.59 Å².